The lowest BCUT2D eigenvalue weighted by Crippen LogP contribution is -2.48. The van der Waals surface area contributed by atoms with Crippen molar-refractivity contribution >= 4 is 5.91 Å². The molecule has 188 valence electrons. The Bertz CT molecular complexity index is 1200. The highest BCUT2D eigenvalue weighted by atomic mass is 16.5. The number of hydrogen-bond donors (Lipinski definition) is 0. The van der Waals surface area contributed by atoms with Crippen LogP contribution < -0.4 is 14.2 Å². The fourth-order valence-electron chi connectivity index (χ4n) is 5.43. The highest BCUT2D eigenvalue weighted by molar-refractivity contribution is 5.93. The summed E-state index contributed by atoms with van der Waals surface area (Å²) in [4.78, 5) is 17.2. The van der Waals surface area contributed by atoms with Crippen LogP contribution in [0.15, 0.2) is 73.1 Å². The van der Waals surface area contributed by atoms with Crippen molar-refractivity contribution in [3.63, 3.8) is 0 Å². The van der Waals surface area contributed by atoms with E-state index in [1.807, 2.05) is 41.3 Å². The number of aromatic nitrogens is 1. The fourth-order valence-corrected chi connectivity index (χ4v) is 5.43. The van der Waals surface area contributed by atoms with Gasteiger partial charge in [0, 0.05) is 25.7 Å². The number of carbonyl (C=O) groups is 1. The van der Waals surface area contributed by atoms with Gasteiger partial charge in [-0.05, 0) is 80.1 Å². The highest BCUT2D eigenvalue weighted by Gasteiger charge is 2.38. The van der Waals surface area contributed by atoms with E-state index < -0.39 is 0 Å². The van der Waals surface area contributed by atoms with Crippen LogP contribution >= 0.6 is 0 Å². The van der Waals surface area contributed by atoms with Crippen molar-refractivity contribution in [2.24, 2.45) is 5.41 Å². The number of piperidine rings is 2. The molecule has 1 aromatic heterocycles. The van der Waals surface area contributed by atoms with Crippen molar-refractivity contribution in [2.75, 3.05) is 33.3 Å². The second-order valence-corrected chi connectivity index (χ2v) is 9.92. The molecule has 36 heavy (non-hydrogen) atoms. The minimum absolute atomic E-state index is 0.0392. The largest absolute Gasteiger partial charge is 0.619 e. The van der Waals surface area contributed by atoms with Crippen LogP contribution in [-0.2, 0) is 6.54 Å². The van der Waals surface area contributed by atoms with Crippen molar-refractivity contribution in [3.05, 3.63) is 89.4 Å². The van der Waals surface area contributed by atoms with Gasteiger partial charge in [0.25, 0.3) is 5.91 Å². The second kappa shape index (κ2) is 10.6. The Morgan fingerprint density at radius 3 is 2.39 bits per heavy atom. The lowest BCUT2D eigenvalue weighted by molar-refractivity contribution is -0.605. The van der Waals surface area contributed by atoms with Crippen LogP contribution in [0.5, 0.6) is 17.2 Å². The zero-order chi connectivity index (χ0) is 25.0. The smallest absolute Gasteiger partial charge is 0.259 e. The van der Waals surface area contributed by atoms with E-state index in [2.05, 4.69) is 17.0 Å². The standard InChI is InChI=1S/C29H33N3O4/c1-35-26-9-2-3-10-27(26)36-25-8-4-6-23(20-25)21-30-16-11-29(12-17-30)13-18-31(19-14-29)28(33)24-7-5-15-32(34)22-24/h2-10,15,20,22H,11-14,16-19,21H2,1H3. The number of amides is 1. The molecule has 7 nitrogen and oxygen atoms in total. The number of methoxy groups -OCH3 is 1. The number of benzene rings is 2. The summed E-state index contributed by atoms with van der Waals surface area (Å²) in [6.07, 6.45) is 7.12. The Morgan fingerprint density at radius 2 is 1.67 bits per heavy atom. The zero-order valence-corrected chi connectivity index (χ0v) is 20.8. The highest BCUT2D eigenvalue weighted by Crippen LogP contribution is 2.42. The minimum Gasteiger partial charge on any atom is -0.619 e. The van der Waals surface area contributed by atoms with Gasteiger partial charge in [-0.3, -0.25) is 9.69 Å². The number of para-hydroxylation sites is 2. The second-order valence-electron chi connectivity index (χ2n) is 9.92. The molecule has 5 rings (SSSR count). The van der Waals surface area contributed by atoms with Gasteiger partial charge in [-0.15, -0.1) is 0 Å². The van der Waals surface area contributed by atoms with Crippen molar-refractivity contribution in [1.82, 2.24) is 9.80 Å². The van der Waals surface area contributed by atoms with Gasteiger partial charge in [-0.1, -0.05) is 24.3 Å². The summed E-state index contributed by atoms with van der Waals surface area (Å²) in [5.74, 6) is 2.20. The maximum absolute atomic E-state index is 12.8. The summed E-state index contributed by atoms with van der Waals surface area (Å²) in [6, 6.07) is 19.3. The Labute approximate surface area is 212 Å². The SMILES string of the molecule is COc1ccccc1Oc1cccc(CN2CCC3(CC2)CCN(C(=O)c2ccc[n+]([O-])c2)CC3)c1. The van der Waals surface area contributed by atoms with Crippen LogP contribution in [-0.4, -0.2) is 49.0 Å². The van der Waals surface area contributed by atoms with E-state index in [0.29, 0.717) is 21.5 Å². The van der Waals surface area contributed by atoms with Crippen LogP contribution in [0.25, 0.3) is 0 Å². The maximum atomic E-state index is 12.8. The van der Waals surface area contributed by atoms with Gasteiger partial charge in [0.15, 0.2) is 23.9 Å². The molecule has 2 aliphatic rings. The van der Waals surface area contributed by atoms with E-state index in [4.69, 9.17) is 9.47 Å². The topological polar surface area (TPSA) is 69.0 Å². The molecule has 7 heteroatoms. The first-order valence-corrected chi connectivity index (χ1v) is 12.6. The maximum Gasteiger partial charge on any atom is 0.259 e. The molecule has 1 amide bonds. The van der Waals surface area contributed by atoms with Crippen LogP contribution in [0.2, 0.25) is 0 Å². The summed E-state index contributed by atoms with van der Waals surface area (Å²) in [6.45, 7) is 4.53. The van der Waals surface area contributed by atoms with Crippen LogP contribution in [0.4, 0.5) is 0 Å². The Hall–Kier alpha value is -3.58. The average Bonchev–Trinajstić information content (AvgIpc) is 2.91. The molecule has 3 heterocycles. The number of nitrogens with zero attached hydrogens (tertiary/aromatic N) is 3. The number of hydrogen-bond acceptors (Lipinski definition) is 5. The fraction of sp³-hybridized carbons (Fsp3) is 0.379. The van der Waals surface area contributed by atoms with Gasteiger partial charge in [-0.2, -0.15) is 4.73 Å². The molecule has 2 fully saturated rings. The van der Waals surface area contributed by atoms with E-state index in [0.717, 1.165) is 69.9 Å². The average molecular weight is 488 g/mol. The quantitative estimate of drug-likeness (QED) is 0.374. The molecule has 3 aromatic rings. The van der Waals surface area contributed by atoms with Gasteiger partial charge in [-0.25, -0.2) is 0 Å². The van der Waals surface area contributed by atoms with E-state index in [-0.39, 0.29) is 5.91 Å². The summed E-state index contributed by atoms with van der Waals surface area (Å²) in [5, 5.41) is 11.5. The zero-order valence-electron chi connectivity index (χ0n) is 20.8. The lowest BCUT2D eigenvalue weighted by atomic mass is 9.71. The molecular formula is C29H33N3O4. The van der Waals surface area contributed by atoms with Gasteiger partial charge in [0.05, 0.1) is 7.11 Å². The molecule has 2 aromatic carbocycles. The molecule has 0 atom stereocenters. The third kappa shape index (κ3) is 5.46. The summed E-state index contributed by atoms with van der Waals surface area (Å²) < 4.78 is 12.2. The van der Waals surface area contributed by atoms with Crippen molar-refractivity contribution in [2.45, 2.75) is 32.2 Å². The normalized spacial score (nSPS) is 17.6. The predicted molar refractivity (Wildman–Crippen MR) is 137 cm³/mol. The minimum atomic E-state index is -0.0392. The van der Waals surface area contributed by atoms with Crippen LogP contribution in [0.1, 0.15) is 41.6 Å². The molecule has 0 radical (unpaired) electrons. The van der Waals surface area contributed by atoms with E-state index in [1.165, 1.54) is 18.0 Å². The summed E-state index contributed by atoms with van der Waals surface area (Å²) in [5.41, 5.74) is 2.02. The summed E-state index contributed by atoms with van der Waals surface area (Å²) >= 11 is 0. The predicted octanol–water partition coefficient (Wildman–Crippen LogP) is 4.64. The molecular weight excluding hydrogens is 454 g/mol. The van der Waals surface area contributed by atoms with Gasteiger partial charge in [0.2, 0.25) is 0 Å². The van der Waals surface area contributed by atoms with E-state index in [1.54, 1.807) is 19.2 Å². The molecule has 0 aliphatic carbocycles. The number of carbonyl (C=O) groups excluding carboxylic acids is 1. The third-order valence-corrected chi connectivity index (χ3v) is 7.65. The van der Waals surface area contributed by atoms with Gasteiger partial charge < -0.3 is 19.6 Å². The van der Waals surface area contributed by atoms with E-state index >= 15 is 0 Å². The van der Waals surface area contributed by atoms with Crippen LogP contribution in [0, 0.1) is 10.6 Å². The summed E-state index contributed by atoms with van der Waals surface area (Å²) in [7, 11) is 1.65. The Morgan fingerprint density at radius 1 is 0.944 bits per heavy atom. The molecule has 0 bridgehead atoms. The molecule has 0 N–H and O–H groups in total. The molecule has 2 saturated heterocycles. The Balaban J connectivity index is 1.13. The molecule has 0 saturated carbocycles. The van der Waals surface area contributed by atoms with Crippen molar-refractivity contribution in [3.8, 4) is 17.2 Å². The lowest BCUT2D eigenvalue weighted by Gasteiger charge is -2.47. The number of pyridine rings is 1. The van der Waals surface area contributed by atoms with E-state index in [9.17, 15) is 10.0 Å². The van der Waals surface area contributed by atoms with Gasteiger partial charge >= 0.3 is 0 Å². The molecule has 1 spiro atoms. The number of rotatable bonds is 6. The van der Waals surface area contributed by atoms with Gasteiger partial charge in [0.1, 0.15) is 11.3 Å². The first kappa shape index (κ1) is 24.1. The number of likely N-dealkylation sites (tertiary alicyclic amines) is 2. The van der Waals surface area contributed by atoms with Crippen molar-refractivity contribution < 1.29 is 19.0 Å². The number of ether oxygens (including phenoxy) is 2. The molecule has 0 unspecified atom stereocenters. The monoisotopic (exact) mass is 487 g/mol. The molecule has 2 aliphatic heterocycles. The third-order valence-electron chi connectivity index (χ3n) is 7.65. The first-order chi connectivity index (χ1) is 17.5. The first-order valence-electron chi connectivity index (χ1n) is 12.6. The Kier molecular flexibility index (Phi) is 7.09. The van der Waals surface area contributed by atoms with Crippen LogP contribution in [0.3, 0.4) is 0 Å². The van der Waals surface area contributed by atoms with Crippen molar-refractivity contribution in [1.29, 1.82) is 0 Å².